The van der Waals surface area contributed by atoms with Gasteiger partial charge in [0.15, 0.2) is 25.6 Å². The maximum absolute atomic E-state index is 5.39. The molecule has 0 spiro atoms. The molecule has 0 radical (unpaired) electrons. The molecule has 0 aromatic rings. The first-order chi connectivity index (χ1) is 22.2. The maximum atomic E-state index is 5.39. The van der Waals surface area contributed by atoms with Crippen molar-refractivity contribution < 1.29 is 19.4 Å². The molecule has 4 saturated heterocycles. The molecule has 0 bridgehead atoms. The lowest BCUT2D eigenvalue weighted by molar-refractivity contribution is -0.115. The van der Waals surface area contributed by atoms with Gasteiger partial charge in [0.2, 0.25) is 0 Å². The first kappa shape index (κ1) is 44.1. The van der Waals surface area contributed by atoms with Crippen LogP contribution in [0.1, 0.15) is 116 Å². The molecule has 0 N–H and O–H groups in total. The standard InChI is InChI=1S/C10H20N2O.C9H18N2O.C8H16N2OS.C8H16N2O/c1-9-5-6-12(7-9)13-8-11-10(2,3)4;1-9(2,3)10-8-12-11-6-4-5-7-11;1-8(2,3)9-6-11-10-4-5-12-7-10;1-8(2,3)9-7-11-10-5-4-6-10/h8-9H,5-7H2,1-4H3;8H,4-7H2,1-3H3;6H,4-5,7H2,1-3H3;7H,4-6H2,1-3H3. The van der Waals surface area contributed by atoms with Crippen molar-refractivity contribution in [1.29, 1.82) is 0 Å². The topological polar surface area (TPSA) is 99.3 Å². The van der Waals surface area contributed by atoms with Crippen molar-refractivity contribution in [3.8, 4) is 0 Å². The first-order valence-corrected chi connectivity index (χ1v) is 18.8. The number of rotatable bonds is 8. The molecule has 0 aromatic carbocycles. The van der Waals surface area contributed by atoms with Crippen molar-refractivity contribution in [2.45, 2.75) is 138 Å². The lowest BCUT2D eigenvalue weighted by atomic mass is 10.1. The second-order valence-corrected chi connectivity index (χ2v) is 17.6. The molecule has 4 aliphatic rings. The molecule has 4 fully saturated rings. The molecule has 0 aliphatic carbocycles. The Labute approximate surface area is 297 Å². The van der Waals surface area contributed by atoms with Gasteiger partial charge in [0.1, 0.15) is 0 Å². The summed E-state index contributed by atoms with van der Waals surface area (Å²) < 4.78 is 0. The first-order valence-electron chi connectivity index (χ1n) is 17.6. The molecule has 0 aromatic heterocycles. The Morgan fingerprint density at radius 1 is 0.500 bits per heavy atom. The van der Waals surface area contributed by atoms with Crippen LogP contribution in [0.15, 0.2) is 20.0 Å². The van der Waals surface area contributed by atoms with E-state index >= 15 is 0 Å². The van der Waals surface area contributed by atoms with Gasteiger partial charge >= 0.3 is 0 Å². The average Bonchev–Trinajstić information content (AvgIpc) is 3.69. The summed E-state index contributed by atoms with van der Waals surface area (Å²) >= 11 is 1.88. The van der Waals surface area contributed by atoms with Gasteiger partial charge in [0.05, 0.1) is 28.0 Å². The fourth-order valence-electron chi connectivity index (χ4n) is 3.65. The zero-order valence-electron chi connectivity index (χ0n) is 32.7. The molecule has 280 valence electrons. The molecule has 0 amide bonds. The SMILES string of the molecule is CC(C)(C)N=CON1CCC1.CC(C)(C)N=CON1CCCC1.CC(C)(C)N=CON1CCSC1.CC1CCN(OC=NC(C)(C)C)C1. The largest absolute Gasteiger partial charge is 0.394 e. The minimum absolute atomic E-state index is 0.0229. The van der Waals surface area contributed by atoms with Gasteiger partial charge in [-0.15, -0.1) is 32.0 Å². The highest BCUT2D eigenvalue weighted by Gasteiger charge is 2.19. The average molecular weight is 699 g/mol. The van der Waals surface area contributed by atoms with Crippen LogP contribution in [0.25, 0.3) is 0 Å². The van der Waals surface area contributed by atoms with E-state index in [9.17, 15) is 0 Å². The summed E-state index contributed by atoms with van der Waals surface area (Å²) in [4.78, 5) is 38.1. The Bertz CT molecular complexity index is 914. The molecule has 12 nitrogen and oxygen atoms in total. The molecule has 48 heavy (non-hydrogen) atoms. The van der Waals surface area contributed by atoms with Crippen molar-refractivity contribution in [2.75, 3.05) is 57.4 Å². The normalized spacial score (nSPS) is 21.9. The van der Waals surface area contributed by atoms with Crippen LogP contribution in [0.5, 0.6) is 0 Å². The van der Waals surface area contributed by atoms with Crippen LogP contribution in [-0.4, -0.2) is 125 Å². The molecule has 4 rings (SSSR count). The Morgan fingerprint density at radius 3 is 1.17 bits per heavy atom. The van der Waals surface area contributed by atoms with Crippen LogP contribution in [0.3, 0.4) is 0 Å². The fourth-order valence-corrected chi connectivity index (χ4v) is 4.51. The summed E-state index contributed by atoms with van der Waals surface area (Å²) in [6.45, 7) is 34.0. The van der Waals surface area contributed by atoms with Crippen molar-refractivity contribution in [3.63, 3.8) is 0 Å². The maximum Gasteiger partial charge on any atom is 0.197 e. The number of thioether (sulfide) groups is 1. The minimum atomic E-state index is -0.0364. The minimum Gasteiger partial charge on any atom is -0.394 e. The van der Waals surface area contributed by atoms with Gasteiger partial charge in [-0.05, 0) is 115 Å². The van der Waals surface area contributed by atoms with Crippen molar-refractivity contribution >= 4 is 37.4 Å². The van der Waals surface area contributed by atoms with Crippen molar-refractivity contribution in [2.24, 2.45) is 25.9 Å². The van der Waals surface area contributed by atoms with E-state index in [-0.39, 0.29) is 22.2 Å². The van der Waals surface area contributed by atoms with Gasteiger partial charge in [-0.1, -0.05) is 6.92 Å². The molecular weight excluding hydrogens is 629 g/mol. The van der Waals surface area contributed by atoms with E-state index in [0.29, 0.717) is 0 Å². The number of hydrogen-bond donors (Lipinski definition) is 0. The van der Waals surface area contributed by atoms with Crippen LogP contribution in [-0.2, 0) is 19.4 Å². The second-order valence-electron chi connectivity index (χ2n) is 16.5. The number of hydroxylamine groups is 8. The summed E-state index contributed by atoms with van der Waals surface area (Å²) in [5, 5.41) is 7.74. The lowest BCUT2D eigenvalue weighted by Gasteiger charge is -2.27. The van der Waals surface area contributed by atoms with Gasteiger partial charge in [0, 0.05) is 51.6 Å². The summed E-state index contributed by atoms with van der Waals surface area (Å²) in [7, 11) is 0. The van der Waals surface area contributed by atoms with Crippen LogP contribution in [0.2, 0.25) is 0 Å². The lowest BCUT2D eigenvalue weighted by Crippen LogP contribution is -2.36. The van der Waals surface area contributed by atoms with Crippen molar-refractivity contribution in [1.82, 2.24) is 20.3 Å². The number of hydrogen-bond acceptors (Lipinski definition) is 13. The summed E-state index contributed by atoms with van der Waals surface area (Å²) in [5.41, 5.74) is -0.122. The molecular formula is C35H70N8O4S. The summed E-state index contributed by atoms with van der Waals surface area (Å²) in [5.74, 6) is 2.86. The van der Waals surface area contributed by atoms with Crippen LogP contribution < -0.4 is 0 Å². The molecule has 13 heteroatoms. The summed E-state index contributed by atoms with van der Waals surface area (Å²) in [6, 6.07) is 0. The van der Waals surface area contributed by atoms with E-state index in [2.05, 4.69) is 68.4 Å². The molecule has 4 heterocycles. The molecule has 1 unspecified atom stereocenters. The van der Waals surface area contributed by atoms with Gasteiger partial charge in [0.25, 0.3) is 0 Å². The van der Waals surface area contributed by atoms with E-state index in [1.807, 2.05) is 73.6 Å². The van der Waals surface area contributed by atoms with Gasteiger partial charge in [-0.3, -0.25) is 20.0 Å². The number of aliphatic imine (C=N–C) groups is 4. The van der Waals surface area contributed by atoms with Gasteiger partial charge in [-0.2, -0.15) is 0 Å². The highest BCUT2D eigenvalue weighted by molar-refractivity contribution is 7.99. The van der Waals surface area contributed by atoms with Crippen LogP contribution >= 0.6 is 11.8 Å². The van der Waals surface area contributed by atoms with Crippen LogP contribution in [0, 0.1) is 5.92 Å². The molecule has 4 aliphatic heterocycles. The quantitative estimate of drug-likeness (QED) is 0.194. The third kappa shape index (κ3) is 27.0. The Morgan fingerprint density at radius 2 is 0.875 bits per heavy atom. The predicted octanol–water partition coefficient (Wildman–Crippen LogP) is 7.13. The zero-order chi connectivity index (χ0) is 36.3. The molecule has 0 saturated carbocycles. The highest BCUT2D eigenvalue weighted by Crippen LogP contribution is 2.15. The monoisotopic (exact) mass is 699 g/mol. The Balaban J connectivity index is 0.000000320. The predicted molar refractivity (Wildman–Crippen MR) is 204 cm³/mol. The number of nitrogens with zero attached hydrogens (tertiary/aromatic N) is 8. The highest BCUT2D eigenvalue weighted by atomic mass is 32.2. The second kappa shape index (κ2) is 22.0. The van der Waals surface area contributed by atoms with E-state index in [4.69, 9.17) is 19.4 Å². The summed E-state index contributed by atoms with van der Waals surface area (Å²) in [6.07, 6.45) is 11.2. The third-order valence-corrected chi connectivity index (χ3v) is 7.47. The smallest absolute Gasteiger partial charge is 0.197 e. The fraction of sp³-hybridized carbons (Fsp3) is 0.886. The molecule has 1 atom stereocenters. The van der Waals surface area contributed by atoms with Gasteiger partial charge in [-0.25, -0.2) is 0 Å². The zero-order valence-corrected chi connectivity index (χ0v) is 33.5. The van der Waals surface area contributed by atoms with E-state index in [1.165, 1.54) is 25.7 Å². The van der Waals surface area contributed by atoms with Crippen LogP contribution in [0.4, 0.5) is 0 Å². The Hall–Kier alpha value is -1.93. The van der Waals surface area contributed by atoms with E-state index < -0.39 is 0 Å². The van der Waals surface area contributed by atoms with Crippen molar-refractivity contribution in [3.05, 3.63) is 0 Å². The van der Waals surface area contributed by atoms with E-state index in [1.54, 1.807) is 25.6 Å². The van der Waals surface area contributed by atoms with Gasteiger partial charge < -0.3 is 19.4 Å². The third-order valence-electron chi connectivity index (χ3n) is 6.53. The van der Waals surface area contributed by atoms with E-state index in [0.717, 1.165) is 63.4 Å². The Kier molecular flexibility index (Phi) is 20.2.